The van der Waals surface area contributed by atoms with Gasteiger partial charge >= 0.3 is 0 Å². The number of rotatable bonds is 0. The summed E-state index contributed by atoms with van der Waals surface area (Å²) in [6, 6.07) is -0.272. The Morgan fingerprint density at radius 3 is 2.79 bits per heavy atom. The molecule has 74 valence electrons. The van der Waals surface area contributed by atoms with Crippen LogP contribution in [0.15, 0.2) is 16.8 Å². The summed E-state index contributed by atoms with van der Waals surface area (Å²) >= 11 is 4.98. The van der Waals surface area contributed by atoms with Crippen molar-refractivity contribution < 1.29 is 4.79 Å². The lowest BCUT2D eigenvalue weighted by atomic mass is 10.1. The van der Waals surface area contributed by atoms with Gasteiger partial charge < -0.3 is 4.90 Å². The fourth-order valence-electron chi connectivity index (χ4n) is 1.65. The number of hydrogen-bond acceptors (Lipinski definition) is 3. The third kappa shape index (κ3) is 1.09. The van der Waals surface area contributed by atoms with Crippen molar-refractivity contribution in [3.8, 4) is 0 Å². The molecule has 5 heteroatoms. The summed E-state index contributed by atoms with van der Waals surface area (Å²) in [5.74, 6) is -0.00407. The highest BCUT2D eigenvalue weighted by Gasteiger charge is 2.39. The van der Waals surface area contributed by atoms with E-state index >= 15 is 0 Å². The second kappa shape index (κ2) is 2.88. The molecule has 2 rings (SSSR count). The lowest BCUT2D eigenvalue weighted by Crippen LogP contribution is -2.51. The zero-order chi connectivity index (χ0) is 10.5. The maximum Gasteiger partial charge on any atom is 0.257 e. The first-order valence-corrected chi connectivity index (χ1v) is 4.74. The topological polar surface area (TPSA) is 35.9 Å². The minimum Gasteiger partial charge on any atom is -0.361 e. The largest absolute Gasteiger partial charge is 0.361 e. The molecule has 1 amide bonds. The molecule has 0 saturated carbocycles. The van der Waals surface area contributed by atoms with Crippen LogP contribution < -0.4 is 0 Å². The van der Waals surface area contributed by atoms with Gasteiger partial charge in [0.05, 0.1) is 5.71 Å². The van der Waals surface area contributed by atoms with Crippen LogP contribution in [0.2, 0.25) is 0 Å². The first-order valence-electron chi connectivity index (χ1n) is 4.33. The Hall–Kier alpha value is -1.23. The fourth-order valence-corrected chi connectivity index (χ4v) is 1.84. The van der Waals surface area contributed by atoms with E-state index in [1.165, 1.54) is 4.90 Å². The minimum atomic E-state index is -0.272. The molecule has 2 heterocycles. The van der Waals surface area contributed by atoms with Crippen LogP contribution >= 0.6 is 12.2 Å². The van der Waals surface area contributed by atoms with Crippen molar-refractivity contribution in [3.63, 3.8) is 0 Å². The van der Waals surface area contributed by atoms with Gasteiger partial charge in [-0.25, -0.2) is 4.99 Å². The number of allylic oxidation sites excluding steroid dienone is 1. The van der Waals surface area contributed by atoms with Crippen LogP contribution in [-0.2, 0) is 4.79 Å². The average molecular weight is 209 g/mol. The predicted molar refractivity (Wildman–Crippen MR) is 58.1 cm³/mol. The number of aliphatic imine (C=N–C) groups is 1. The SMILES string of the molecule is CC1=CC2=NC(=S)N(C)C(=O)C2N1C. The van der Waals surface area contributed by atoms with Crippen LogP contribution in [0.3, 0.4) is 0 Å². The van der Waals surface area contributed by atoms with Crippen molar-refractivity contribution in [1.82, 2.24) is 9.80 Å². The molecule has 0 bridgehead atoms. The summed E-state index contributed by atoms with van der Waals surface area (Å²) in [6.07, 6.45) is 1.90. The second-order valence-corrected chi connectivity index (χ2v) is 3.88. The number of thiocarbonyl (C=S) groups is 1. The molecule has 2 aliphatic heterocycles. The van der Waals surface area contributed by atoms with Crippen LogP contribution in [0, 0.1) is 0 Å². The molecule has 4 nitrogen and oxygen atoms in total. The second-order valence-electron chi connectivity index (χ2n) is 3.52. The number of hydrogen-bond donors (Lipinski definition) is 0. The first kappa shape index (κ1) is 9.33. The lowest BCUT2D eigenvalue weighted by Gasteiger charge is -2.30. The van der Waals surface area contributed by atoms with Gasteiger partial charge in [-0.2, -0.15) is 0 Å². The van der Waals surface area contributed by atoms with E-state index in [1.807, 2.05) is 24.9 Å². The fraction of sp³-hybridized carbons (Fsp3) is 0.444. The van der Waals surface area contributed by atoms with E-state index < -0.39 is 0 Å². The van der Waals surface area contributed by atoms with Gasteiger partial charge in [-0.3, -0.25) is 9.69 Å². The van der Waals surface area contributed by atoms with Crippen LogP contribution in [0.4, 0.5) is 0 Å². The third-order valence-electron chi connectivity index (χ3n) is 2.66. The van der Waals surface area contributed by atoms with E-state index in [-0.39, 0.29) is 11.9 Å². The minimum absolute atomic E-state index is 0.00407. The maximum atomic E-state index is 11.9. The number of fused-ring (bicyclic) bond motifs is 1. The number of carbonyl (C=O) groups is 1. The van der Waals surface area contributed by atoms with Crippen molar-refractivity contribution >= 4 is 28.9 Å². The smallest absolute Gasteiger partial charge is 0.257 e. The van der Waals surface area contributed by atoms with Gasteiger partial charge in [-0.15, -0.1) is 0 Å². The van der Waals surface area contributed by atoms with Gasteiger partial charge in [-0.1, -0.05) is 0 Å². The van der Waals surface area contributed by atoms with Crippen molar-refractivity contribution in [2.24, 2.45) is 4.99 Å². The third-order valence-corrected chi connectivity index (χ3v) is 3.02. The van der Waals surface area contributed by atoms with Gasteiger partial charge in [0.2, 0.25) is 5.11 Å². The van der Waals surface area contributed by atoms with Gasteiger partial charge in [0.25, 0.3) is 5.91 Å². The lowest BCUT2D eigenvalue weighted by molar-refractivity contribution is -0.128. The number of nitrogens with zero attached hydrogens (tertiary/aromatic N) is 3. The summed E-state index contributed by atoms with van der Waals surface area (Å²) in [5, 5.41) is 0.348. The molecule has 0 fully saturated rings. The molecule has 2 aliphatic rings. The molecule has 0 spiro atoms. The molecule has 1 unspecified atom stereocenters. The molecule has 0 aromatic rings. The van der Waals surface area contributed by atoms with E-state index in [0.717, 1.165) is 11.4 Å². The molecule has 1 atom stereocenters. The highest BCUT2D eigenvalue weighted by molar-refractivity contribution is 7.80. The number of carbonyl (C=O) groups excluding carboxylic acids is 1. The number of likely N-dealkylation sites (N-methyl/N-ethyl adjacent to an activating group) is 2. The molecule has 0 aliphatic carbocycles. The van der Waals surface area contributed by atoms with Gasteiger partial charge in [0.15, 0.2) is 6.04 Å². The Kier molecular flexibility index (Phi) is 1.92. The number of amides is 1. The first-order chi connectivity index (χ1) is 6.52. The molecule has 0 aromatic heterocycles. The summed E-state index contributed by atoms with van der Waals surface area (Å²) in [4.78, 5) is 19.4. The van der Waals surface area contributed by atoms with Crippen LogP contribution in [0.5, 0.6) is 0 Å². The Bertz CT molecular complexity index is 386. The van der Waals surface area contributed by atoms with E-state index in [1.54, 1.807) is 7.05 Å². The quantitative estimate of drug-likeness (QED) is 0.542. The van der Waals surface area contributed by atoms with Crippen molar-refractivity contribution in [3.05, 3.63) is 11.8 Å². The molecule has 0 saturated heterocycles. The molecule has 14 heavy (non-hydrogen) atoms. The summed E-state index contributed by atoms with van der Waals surface area (Å²) in [7, 11) is 3.55. The molecule has 0 aromatic carbocycles. The Morgan fingerprint density at radius 1 is 1.50 bits per heavy atom. The van der Waals surface area contributed by atoms with E-state index in [2.05, 4.69) is 4.99 Å². The predicted octanol–water partition coefficient (Wildman–Crippen LogP) is 0.402. The standard InChI is InChI=1S/C9H11N3OS/c1-5-4-6-7(11(5)2)8(13)12(3)9(14)10-6/h4,7H,1-3H3. The molecule has 0 radical (unpaired) electrons. The van der Waals surface area contributed by atoms with Crippen LogP contribution in [0.25, 0.3) is 0 Å². The monoisotopic (exact) mass is 209 g/mol. The van der Waals surface area contributed by atoms with E-state index in [0.29, 0.717) is 5.11 Å². The van der Waals surface area contributed by atoms with Crippen molar-refractivity contribution in [2.45, 2.75) is 13.0 Å². The van der Waals surface area contributed by atoms with E-state index in [4.69, 9.17) is 12.2 Å². The summed E-state index contributed by atoms with van der Waals surface area (Å²) in [5.41, 5.74) is 1.80. The summed E-state index contributed by atoms with van der Waals surface area (Å²) < 4.78 is 0. The van der Waals surface area contributed by atoms with Gasteiger partial charge in [-0.05, 0) is 25.2 Å². The molecular formula is C9H11N3OS. The Labute approximate surface area is 87.9 Å². The van der Waals surface area contributed by atoms with Crippen molar-refractivity contribution in [2.75, 3.05) is 14.1 Å². The Morgan fingerprint density at radius 2 is 2.14 bits per heavy atom. The normalized spacial score (nSPS) is 26.4. The van der Waals surface area contributed by atoms with E-state index in [9.17, 15) is 4.79 Å². The maximum absolute atomic E-state index is 11.9. The van der Waals surface area contributed by atoms with Crippen molar-refractivity contribution in [1.29, 1.82) is 0 Å². The average Bonchev–Trinajstić information content (AvgIpc) is 2.39. The zero-order valence-corrected chi connectivity index (χ0v) is 9.13. The molecule has 0 N–H and O–H groups in total. The molecular weight excluding hydrogens is 198 g/mol. The Balaban J connectivity index is 2.47. The van der Waals surface area contributed by atoms with Crippen LogP contribution in [0.1, 0.15) is 6.92 Å². The summed E-state index contributed by atoms with van der Waals surface area (Å²) in [6.45, 7) is 1.96. The zero-order valence-electron chi connectivity index (χ0n) is 8.31. The van der Waals surface area contributed by atoms with Crippen LogP contribution in [-0.4, -0.2) is 46.7 Å². The van der Waals surface area contributed by atoms with Gasteiger partial charge in [0.1, 0.15) is 0 Å². The van der Waals surface area contributed by atoms with Gasteiger partial charge in [0, 0.05) is 19.8 Å². The highest BCUT2D eigenvalue weighted by atomic mass is 32.1. The highest BCUT2D eigenvalue weighted by Crippen LogP contribution is 2.22.